The molecule has 0 aliphatic rings. The van der Waals surface area contributed by atoms with Crippen LogP contribution in [-0.4, -0.2) is 19.9 Å². The van der Waals surface area contributed by atoms with Crippen LogP contribution in [0.4, 0.5) is 0 Å². The third-order valence-corrected chi connectivity index (χ3v) is 5.88. The quantitative estimate of drug-likeness (QED) is 0.369. The fourth-order valence-electron chi connectivity index (χ4n) is 2.72. The summed E-state index contributed by atoms with van der Waals surface area (Å²) in [6, 6.07) is 12.1. The normalized spacial score (nSPS) is 11.4. The third-order valence-electron chi connectivity index (χ3n) is 3.97. The molecule has 3 aromatic heterocycles. The molecule has 0 bridgehead atoms. The van der Waals surface area contributed by atoms with Gasteiger partial charge in [-0.25, -0.2) is 19.9 Å². The van der Waals surface area contributed by atoms with E-state index >= 15 is 0 Å². The van der Waals surface area contributed by atoms with Crippen molar-refractivity contribution in [3.05, 3.63) is 58.8 Å². The van der Waals surface area contributed by atoms with Gasteiger partial charge in [0.05, 0.1) is 31.5 Å². The molecule has 5 aromatic rings. The van der Waals surface area contributed by atoms with Crippen LogP contribution < -0.4 is 0 Å². The van der Waals surface area contributed by atoms with Gasteiger partial charge < -0.3 is 0 Å². The number of rotatable bonds is 2. The summed E-state index contributed by atoms with van der Waals surface area (Å²) < 4.78 is 2.29. The lowest BCUT2D eigenvalue weighted by molar-refractivity contribution is 1.18. The number of halogens is 1. The zero-order chi connectivity index (χ0) is 16.8. The van der Waals surface area contributed by atoms with Gasteiger partial charge in [-0.05, 0) is 35.9 Å². The number of fused-ring (bicyclic) bond motifs is 2. The number of aromatic nitrogens is 4. The summed E-state index contributed by atoms with van der Waals surface area (Å²) in [5.74, 6) is 0.596. The Morgan fingerprint density at radius 3 is 2.08 bits per heavy atom. The molecule has 0 fully saturated rings. The Kier molecular flexibility index (Phi) is 3.48. The van der Waals surface area contributed by atoms with E-state index in [-0.39, 0.29) is 0 Å². The third kappa shape index (κ3) is 2.59. The van der Waals surface area contributed by atoms with Crippen LogP contribution in [0.3, 0.4) is 0 Å². The Bertz CT molecular complexity index is 1230. The summed E-state index contributed by atoms with van der Waals surface area (Å²) >= 11 is 9.68. The van der Waals surface area contributed by atoms with Crippen molar-refractivity contribution in [3.8, 4) is 22.5 Å². The molecule has 0 atom stereocenters. The molecule has 120 valence electrons. The average molecular weight is 381 g/mol. The van der Waals surface area contributed by atoms with Crippen molar-refractivity contribution in [1.29, 1.82) is 0 Å². The van der Waals surface area contributed by atoms with Gasteiger partial charge in [0.25, 0.3) is 0 Å². The van der Waals surface area contributed by atoms with Crippen LogP contribution in [0.2, 0.25) is 5.15 Å². The fraction of sp³-hybridized carbons (Fsp3) is 0. The first-order valence-corrected chi connectivity index (χ1v) is 9.61. The van der Waals surface area contributed by atoms with Crippen molar-refractivity contribution >= 4 is 54.7 Å². The summed E-state index contributed by atoms with van der Waals surface area (Å²) in [6.07, 6.45) is 1.77. The van der Waals surface area contributed by atoms with Crippen molar-refractivity contribution in [1.82, 2.24) is 19.9 Å². The van der Waals surface area contributed by atoms with Gasteiger partial charge in [0.2, 0.25) is 0 Å². The highest BCUT2D eigenvalue weighted by Gasteiger charge is 2.11. The second-order valence-corrected chi connectivity index (χ2v) is 7.60. The Hall–Kier alpha value is -2.41. The molecule has 2 aromatic carbocycles. The highest BCUT2D eigenvalue weighted by atomic mass is 35.5. The summed E-state index contributed by atoms with van der Waals surface area (Å²) in [5, 5.41) is 0.429. The maximum absolute atomic E-state index is 6.45. The van der Waals surface area contributed by atoms with E-state index < -0.39 is 0 Å². The zero-order valence-corrected chi connectivity index (χ0v) is 15.1. The topological polar surface area (TPSA) is 51.6 Å². The van der Waals surface area contributed by atoms with Gasteiger partial charge in [-0.2, -0.15) is 0 Å². The number of hydrogen-bond acceptors (Lipinski definition) is 6. The van der Waals surface area contributed by atoms with Gasteiger partial charge in [0.1, 0.15) is 5.15 Å². The van der Waals surface area contributed by atoms with Crippen LogP contribution in [-0.2, 0) is 0 Å². The van der Waals surface area contributed by atoms with Crippen LogP contribution in [0, 0.1) is 0 Å². The molecule has 0 aliphatic carbocycles. The van der Waals surface area contributed by atoms with Crippen LogP contribution in [0.5, 0.6) is 0 Å². The van der Waals surface area contributed by atoms with E-state index in [0.29, 0.717) is 11.0 Å². The monoisotopic (exact) mass is 380 g/mol. The number of hydrogen-bond donors (Lipinski definition) is 0. The number of nitrogens with zero attached hydrogens (tertiary/aromatic N) is 4. The SMILES string of the molecule is Clc1nc(-c2ccc3scnc3c2)ncc1-c1ccc2scnc2c1. The van der Waals surface area contributed by atoms with Gasteiger partial charge in [0, 0.05) is 17.3 Å². The molecule has 7 heteroatoms. The summed E-state index contributed by atoms with van der Waals surface area (Å²) in [7, 11) is 0. The van der Waals surface area contributed by atoms with Crippen molar-refractivity contribution < 1.29 is 0 Å². The van der Waals surface area contributed by atoms with Crippen LogP contribution in [0.1, 0.15) is 0 Å². The lowest BCUT2D eigenvalue weighted by atomic mass is 10.1. The highest BCUT2D eigenvalue weighted by Crippen LogP contribution is 2.31. The van der Waals surface area contributed by atoms with Gasteiger partial charge in [-0.1, -0.05) is 17.7 Å². The minimum absolute atomic E-state index is 0.429. The maximum Gasteiger partial charge on any atom is 0.160 e. The predicted octanol–water partition coefficient (Wildman–Crippen LogP) is 5.68. The molecular formula is C18H9ClN4S2. The van der Waals surface area contributed by atoms with Gasteiger partial charge in [0.15, 0.2) is 5.82 Å². The molecule has 25 heavy (non-hydrogen) atoms. The van der Waals surface area contributed by atoms with Crippen molar-refractivity contribution in [2.24, 2.45) is 0 Å². The molecular weight excluding hydrogens is 372 g/mol. The Morgan fingerprint density at radius 1 is 0.760 bits per heavy atom. The fourth-order valence-corrected chi connectivity index (χ4v) is 4.27. The maximum atomic E-state index is 6.45. The van der Waals surface area contributed by atoms with E-state index in [9.17, 15) is 0 Å². The first-order valence-electron chi connectivity index (χ1n) is 7.48. The van der Waals surface area contributed by atoms with E-state index in [1.54, 1.807) is 28.9 Å². The van der Waals surface area contributed by atoms with Gasteiger partial charge in [-0.3, -0.25) is 0 Å². The minimum Gasteiger partial charge on any atom is -0.245 e. The lowest BCUT2D eigenvalue weighted by Crippen LogP contribution is -1.92. The van der Waals surface area contributed by atoms with E-state index in [1.807, 2.05) is 47.4 Å². The van der Waals surface area contributed by atoms with Crippen LogP contribution in [0.15, 0.2) is 53.6 Å². The molecule has 0 saturated carbocycles. The Labute approximate surface area is 155 Å². The van der Waals surface area contributed by atoms with Crippen molar-refractivity contribution in [2.45, 2.75) is 0 Å². The minimum atomic E-state index is 0.429. The van der Waals surface area contributed by atoms with E-state index in [2.05, 4.69) is 19.9 Å². The lowest BCUT2D eigenvalue weighted by Gasteiger charge is -2.06. The summed E-state index contributed by atoms with van der Waals surface area (Å²) in [6.45, 7) is 0. The zero-order valence-electron chi connectivity index (χ0n) is 12.7. The average Bonchev–Trinajstić information content (AvgIpc) is 3.29. The van der Waals surface area contributed by atoms with Crippen LogP contribution in [0.25, 0.3) is 42.9 Å². The van der Waals surface area contributed by atoms with Crippen molar-refractivity contribution in [3.63, 3.8) is 0 Å². The smallest absolute Gasteiger partial charge is 0.160 e. The molecule has 4 nitrogen and oxygen atoms in total. The van der Waals surface area contributed by atoms with Gasteiger partial charge >= 0.3 is 0 Å². The molecule has 5 rings (SSSR count). The Balaban J connectivity index is 1.59. The first-order chi connectivity index (χ1) is 12.3. The number of benzene rings is 2. The largest absolute Gasteiger partial charge is 0.245 e. The second-order valence-electron chi connectivity index (χ2n) is 5.47. The number of thiazole rings is 2. The molecule has 0 unspecified atom stereocenters. The molecule has 0 radical (unpaired) electrons. The molecule has 0 aliphatic heterocycles. The molecule has 0 N–H and O–H groups in total. The standard InChI is InChI=1S/C18H9ClN4S2/c19-17-12(10-1-3-15-13(5-10)21-8-24-15)7-20-18(23-17)11-2-4-16-14(6-11)22-9-25-16/h1-9H. The summed E-state index contributed by atoms with van der Waals surface area (Å²) in [5.41, 5.74) is 8.24. The van der Waals surface area contributed by atoms with E-state index in [0.717, 1.165) is 37.1 Å². The summed E-state index contributed by atoms with van der Waals surface area (Å²) in [4.78, 5) is 17.7. The predicted molar refractivity (Wildman–Crippen MR) is 104 cm³/mol. The first kappa shape index (κ1) is 14.9. The second kappa shape index (κ2) is 5.84. The molecule has 0 spiro atoms. The van der Waals surface area contributed by atoms with Gasteiger partial charge in [-0.15, -0.1) is 22.7 Å². The van der Waals surface area contributed by atoms with Crippen LogP contribution >= 0.6 is 34.3 Å². The van der Waals surface area contributed by atoms with Crippen molar-refractivity contribution in [2.75, 3.05) is 0 Å². The van der Waals surface area contributed by atoms with E-state index in [1.165, 1.54) is 0 Å². The Morgan fingerprint density at radius 2 is 1.40 bits per heavy atom. The highest BCUT2D eigenvalue weighted by molar-refractivity contribution is 7.17. The molecule has 0 amide bonds. The van der Waals surface area contributed by atoms with E-state index in [4.69, 9.17) is 11.6 Å². The molecule has 3 heterocycles. The molecule has 0 saturated heterocycles.